The van der Waals surface area contributed by atoms with Crippen LogP contribution in [0.2, 0.25) is 0 Å². The molecule has 3 nitrogen and oxygen atoms in total. The summed E-state index contributed by atoms with van der Waals surface area (Å²) in [6.45, 7) is 0. The molecule has 1 N–H and O–H groups in total. The predicted molar refractivity (Wildman–Crippen MR) is 61.0 cm³/mol. The lowest BCUT2D eigenvalue weighted by atomic mass is 10.2. The van der Waals surface area contributed by atoms with Gasteiger partial charge in [-0.1, -0.05) is 0 Å². The molecule has 2 rings (SSSR count). The zero-order valence-electron chi connectivity index (χ0n) is 8.92. The molecule has 0 aliphatic heterocycles. The fourth-order valence-electron chi connectivity index (χ4n) is 1.46. The maximum atomic E-state index is 13.6. The molecule has 0 amide bonds. The van der Waals surface area contributed by atoms with Crippen molar-refractivity contribution in [3.63, 3.8) is 0 Å². The lowest BCUT2D eigenvalue weighted by Gasteiger charge is -2.00. The number of aromatic nitrogens is 1. The van der Waals surface area contributed by atoms with Gasteiger partial charge < -0.3 is 9.72 Å². The summed E-state index contributed by atoms with van der Waals surface area (Å²) >= 11 is 1.14. The van der Waals surface area contributed by atoms with Gasteiger partial charge in [0.25, 0.3) is 0 Å². The van der Waals surface area contributed by atoms with Gasteiger partial charge in [0.15, 0.2) is 0 Å². The smallest absolute Gasteiger partial charge is 0.315 e. The van der Waals surface area contributed by atoms with E-state index in [1.54, 1.807) is 6.20 Å². The summed E-state index contributed by atoms with van der Waals surface area (Å²) in [6.07, 6.45) is 1.54. The molecule has 0 spiro atoms. The molecule has 0 radical (unpaired) electrons. The number of benzene rings is 1. The van der Waals surface area contributed by atoms with Gasteiger partial charge in [0.1, 0.15) is 11.6 Å². The zero-order valence-corrected chi connectivity index (χ0v) is 9.74. The first-order valence-corrected chi connectivity index (χ1v) is 5.76. The third-order valence-electron chi connectivity index (χ3n) is 2.23. The molecular formula is C11H9F2NO2S. The summed E-state index contributed by atoms with van der Waals surface area (Å²) in [5.41, 5.74) is 0.370. The summed E-state index contributed by atoms with van der Waals surface area (Å²) in [6, 6.07) is 2.03. The summed E-state index contributed by atoms with van der Waals surface area (Å²) in [5.74, 6) is -1.60. The van der Waals surface area contributed by atoms with Crippen molar-refractivity contribution in [1.29, 1.82) is 0 Å². The molecule has 0 bridgehead atoms. The van der Waals surface area contributed by atoms with Gasteiger partial charge in [-0.3, -0.25) is 4.79 Å². The Balaban J connectivity index is 2.33. The number of fused-ring (bicyclic) bond motifs is 1. The summed E-state index contributed by atoms with van der Waals surface area (Å²) in [5, 5.41) is 0.292. The number of hydrogen-bond acceptors (Lipinski definition) is 3. The Morgan fingerprint density at radius 2 is 2.24 bits per heavy atom. The number of ether oxygens (including phenoxy) is 1. The van der Waals surface area contributed by atoms with Crippen LogP contribution >= 0.6 is 11.8 Å². The molecule has 0 aliphatic carbocycles. The van der Waals surface area contributed by atoms with Crippen LogP contribution < -0.4 is 0 Å². The molecule has 1 aromatic carbocycles. The van der Waals surface area contributed by atoms with Crippen LogP contribution in [-0.4, -0.2) is 23.8 Å². The lowest BCUT2D eigenvalue weighted by Crippen LogP contribution is -2.02. The van der Waals surface area contributed by atoms with Gasteiger partial charge in [0, 0.05) is 22.5 Å². The average molecular weight is 257 g/mol. The Morgan fingerprint density at radius 1 is 1.47 bits per heavy atom. The maximum Gasteiger partial charge on any atom is 0.315 e. The number of halogens is 2. The maximum absolute atomic E-state index is 13.6. The van der Waals surface area contributed by atoms with E-state index in [9.17, 15) is 13.6 Å². The van der Waals surface area contributed by atoms with Gasteiger partial charge in [0.2, 0.25) is 0 Å². The van der Waals surface area contributed by atoms with E-state index in [1.165, 1.54) is 13.2 Å². The van der Waals surface area contributed by atoms with Crippen molar-refractivity contribution in [2.45, 2.75) is 4.90 Å². The van der Waals surface area contributed by atoms with Crippen molar-refractivity contribution in [2.75, 3.05) is 12.9 Å². The molecule has 1 aromatic heterocycles. The number of carbonyl (C=O) groups is 1. The highest BCUT2D eigenvalue weighted by molar-refractivity contribution is 8.00. The Bertz CT molecular complexity index is 568. The molecular weight excluding hydrogens is 248 g/mol. The monoisotopic (exact) mass is 257 g/mol. The van der Waals surface area contributed by atoms with Crippen LogP contribution in [0.1, 0.15) is 0 Å². The molecule has 0 atom stereocenters. The number of esters is 1. The van der Waals surface area contributed by atoms with Gasteiger partial charge in [0.05, 0.1) is 18.4 Å². The minimum absolute atomic E-state index is 0.0836. The number of nitrogens with one attached hydrogen (secondary N) is 1. The molecule has 0 unspecified atom stereocenters. The second-order valence-corrected chi connectivity index (χ2v) is 4.35. The molecule has 2 aromatic rings. The van der Waals surface area contributed by atoms with E-state index in [0.29, 0.717) is 15.8 Å². The van der Waals surface area contributed by atoms with Crippen LogP contribution in [-0.2, 0) is 9.53 Å². The Morgan fingerprint density at radius 3 is 2.94 bits per heavy atom. The Hall–Kier alpha value is -1.56. The Kier molecular flexibility index (Phi) is 3.33. The van der Waals surface area contributed by atoms with Crippen LogP contribution in [0.25, 0.3) is 10.9 Å². The molecule has 0 aliphatic rings. The van der Waals surface area contributed by atoms with Crippen molar-refractivity contribution < 1.29 is 18.3 Å². The van der Waals surface area contributed by atoms with Crippen molar-refractivity contribution >= 4 is 28.6 Å². The molecule has 0 fully saturated rings. The number of rotatable bonds is 3. The summed E-state index contributed by atoms with van der Waals surface area (Å²) < 4.78 is 31.0. The van der Waals surface area contributed by atoms with E-state index < -0.39 is 17.6 Å². The van der Waals surface area contributed by atoms with Crippen molar-refractivity contribution in [3.8, 4) is 0 Å². The van der Waals surface area contributed by atoms with E-state index in [0.717, 1.165) is 17.8 Å². The van der Waals surface area contributed by atoms with Gasteiger partial charge in [-0.15, -0.1) is 11.8 Å². The summed E-state index contributed by atoms with van der Waals surface area (Å²) in [7, 11) is 1.29. The standard InChI is InChI=1S/C11H9F2NO2S/c1-16-10(15)5-17-9-4-14-8-3-6(12)2-7(13)11(8)9/h2-4,14H,5H2,1H3. The first-order valence-electron chi connectivity index (χ1n) is 4.77. The number of thioether (sulfide) groups is 1. The van der Waals surface area contributed by atoms with E-state index >= 15 is 0 Å². The van der Waals surface area contributed by atoms with Crippen LogP contribution in [0, 0.1) is 11.6 Å². The highest BCUT2D eigenvalue weighted by Crippen LogP contribution is 2.30. The SMILES string of the molecule is COC(=O)CSc1c[nH]c2cc(F)cc(F)c12. The molecule has 17 heavy (non-hydrogen) atoms. The van der Waals surface area contributed by atoms with E-state index in [4.69, 9.17) is 0 Å². The fraction of sp³-hybridized carbons (Fsp3) is 0.182. The third kappa shape index (κ3) is 2.41. The van der Waals surface area contributed by atoms with Crippen LogP contribution in [0.5, 0.6) is 0 Å². The molecule has 0 saturated carbocycles. The molecule has 6 heteroatoms. The number of H-pyrrole nitrogens is 1. The molecule has 1 heterocycles. The summed E-state index contributed by atoms with van der Waals surface area (Å²) in [4.78, 5) is 14.3. The number of methoxy groups -OCH3 is 1. The quantitative estimate of drug-likeness (QED) is 0.679. The van der Waals surface area contributed by atoms with Crippen LogP contribution in [0.3, 0.4) is 0 Å². The second-order valence-electron chi connectivity index (χ2n) is 3.33. The zero-order chi connectivity index (χ0) is 12.4. The first kappa shape index (κ1) is 11.9. The van der Waals surface area contributed by atoms with Crippen LogP contribution in [0.15, 0.2) is 23.2 Å². The van der Waals surface area contributed by atoms with E-state index in [2.05, 4.69) is 9.72 Å². The first-order chi connectivity index (χ1) is 8.11. The number of hydrogen-bond donors (Lipinski definition) is 1. The van der Waals surface area contributed by atoms with Crippen molar-refractivity contribution in [2.24, 2.45) is 0 Å². The van der Waals surface area contributed by atoms with Crippen molar-refractivity contribution in [3.05, 3.63) is 30.0 Å². The topological polar surface area (TPSA) is 42.1 Å². The fourth-order valence-corrected chi connectivity index (χ4v) is 2.35. The number of carbonyl (C=O) groups excluding carboxylic acids is 1. The highest BCUT2D eigenvalue weighted by Gasteiger charge is 2.12. The van der Waals surface area contributed by atoms with E-state index in [1.807, 2.05) is 0 Å². The third-order valence-corrected chi connectivity index (χ3v) is 3.25. The number of aromatic amines is 1. The second kappa shape index (κ2) is 4.75. The van der Waals surface area contributed by atoms with Gasteiger partial charge in [-0.05, 0) is 6.07 Å². The van der Waals surface area contributed by atoms with Crippen LogP contribution in [0.4, 0.5) is 8.78 Å². The van der Waals surface area contributed by atoms with Gasteiger partial charge >= 0.3 is 5.97 Å². The minimum Gasteiger partial charge on any atom is -0.468 e. The van der Waals surface area contributed by atoms with E-state index in [-0.39, 0.29) is 5.75 Å². The minimum atomic E-state index is -0.645. The lowest BCUT2D eigenvalue weighted by molar-refractivity contribution is -0.137. The van der Waals surface area contributed by atoms with Crippen molar-refractivity contribution in [1.82, 2.24) is 4.98 Å². The Labute approximate surface area is 100 Å². The highest BCUT2D eigenvalue weighted by atomic mass is 32.2. The molecule has 90 valence electrons. The normalized spacial score (nSPS) is 10.8. The predicted octanol–water partition coefficient (Wildman–Crippen LogP) is 2.71. The van der Waals surface area contributed by atoms with Gasteiger partial charge in [-0.2, -0.15) is 0 Å². The van der Waals surface area contributed by atoms with Gasteiger partial charge in [-0.25, -0.2) is 8.78 Å². The molecule has 0 saturated heterocycles. The average Bonchev–Trinajstić information content (AvgIpc) is 2.69. The largest absolute Gasteiger partial charge is 0.468 e.